The summed E-state index contributed by atoms with van der Waals surface area (Å²) in [7, 11) is 0. The van der Waals surface area contributed by atoms with Crippen LogP contribution in [0, 0.1) is 11.3 Å². The molecule has 2 nitrogen and oxygen atoms in total. The summed E-state index contributed by atoms with van der Waals surface area (Å²) in [6.07, 6.45) is 11.7. The number of nitrogens with one attached hydrogen (secondary N) is 1. The SMILES string of the molecule is CC(C)CNCCCCN1CCC2(CCCC2)CC1. The zero-order valence-electron chi connectivity index (χ0n) is 13.2. The summed E-state index contributed by atoms with van der Waals surface area (Å²) < 4.78 is 0. The average Bonchev–Trinajstić information content (AvgIpc) is 2.84. The molecule has 2 aliphatic rings. The van der Waals surface area contributed by atoms with Gasteiger partial charge in [0.2, 0.25) is 0 Å². The van der Waals surface area contributed by atoms with E-state index in [2.05, 4.69) is 24.1 Å². The van der Waals surface area contributed by atoms with E-state index < -0.39 is 0 Å². The Morgan fingerprint density at radius 1 is 1.00 bits per heavy atom. The number of rotatable bonds is 7. The molecule has 2 fully saturated rings. The van der Waals surface area contributed by atoms with Crippen molar-refractivity contribution in [1.82, 2.24) is 10.2 Å². The molecule has 0 unspecified atom stereocenters. The lowest BCUT2D eigenvalue weighted by Gasteiger charge is -2.39. The highest BCUT2D eigenvalue weighted by Gasteiger charge is 2.36. The average molecular weight is 266 g/mol. The molecule has 1 N–H and O–H groups in total. The topological polar surface area (TPSA) is 15.3 Å². The highest BCUT2D eigenvalue weighted by atomic mass is 15.1. The monoisotopic (exact) mass is 266 g/mol. The lowest BCUT2D eigenvalue weighted by molar-refractivity contribution is 0.107. The third-order valence-electron chi connectivity index (χ3n) is 5.21. The molecule has 1 spiro atoms. The summed E-state index contributed by atoms with van der Waals surface area (Å²) in [6.45, 7) is 11.0. The molecular formula is C17H34N2. The maximum absolute atomic E-state index is 3.54. The highest BCUT2D eigenvalue weighted by molar-refractivity contribution is 4.89. The molecule has 2 rings (SSSR count). The van der Waals surface area contributed by atoms with Gasteiger partial charge in [0, 0.05) is 0 Å². The van der Waals surface area contributed by atoms with Crippen LogP contribution in [0.1, 0.15) is 65.2 Å². The van der Waals surface area contributed by atoms with Crippen LogP contribution in [-0.2, 0) is 0 Å². The third kappa shape index (κ3) is 5.07. The lowest BCUT2D eigenvalue weighted by Crippen LogP contribution is -2.39. The first-order valence-electron chi connectivity index (χ1n) is 8.63. The normalized spacial score (nSPS) is 23.5. The highest BCUT2D eigenvalue weighted by Crippen LogP contribution is 2.45. The second kappa shape index (κ2) is 7.64. The standard InChI is InChI=1S/C17H34N2/c1-16(2)15-18-11-5-6-12-19-13-9-17(10-14-19)7-3-4-8-17/h16,18H,3-15H2,1-2H3. The van der Waals surface area contributed by atoms with E-state index in [9.17, 15) is 0 Å². The molecule has 19 heavy (non-hydrogen) atoms. The number of piperidine rings is 1. The molecule has 0 aromatic carbocycles. The fraction of sp³-hybridized carbons (Fsp3) is 1.00. The number of hydrogen-bond acceptors (Lipinski definition) is 2. The maximum Gasteiger partial charge on any atom is -0.00134 e. The van der Waals surface area contributed by atoms with Gasteiger partial charge in [0.1, 0.15) is 0 Å². The van der Waals surface area contributed by atoms with Gasteiger partial charge in [-0.1, -0.05) is 26.7 Å². The summed E-state index contributed by atoms with van der Waals surface area (Å²) in [6, 6.07) is 0. The van der Waals surface area contributed by atoms with Crippen LogP contribution in [0.15, 0.2) is 0 Å². The zero-order chi connectivity index (χ0) is 13.6. The van der Waals surface area contributed by atoms with Crippen LogP contribution < -0.4 is 5.32 Å². The minimum absolute atomic E-state index is 0.782. The number of hydrogen-bond donors (Lipinski definition) is 1. The Labute approximate surface area is 120 Å². The van der Waals surface area contributed by atoms with Crippen LogP contribution >= 0.6 is 0 Å². The minimum Gasteiger partial charge on any atom is -0.316 e. The maximum atomic E-state index is 3.54. The van der Waals surface area contributed by atoms with Crippen LogP contribution in [0.25, 0.3) is 0 Å². The van der Waals surface area contributed by atoms with E-state index >= 15 is 0 Å². The molecule has 112 valence electrons. The van der Waals surface area contributed by atoms with Gasteiger partial charge in [-0.25, -0.2) is 0 Å². The Morgan fingerprint density at radius 2 is 1.68 bits per heavy atom. The van der Waals surface area contributed by atoms with Gasteiger partial charge < -0.3 is 10.2 Å². The minimum atomic E-state index is 0.782. The van der Waals surface area contributed by atoms with Gasteiger partial charge in [0.15, 0.2) is 0 Å². The lowest BCUT2D eigenvalue weighted by atomic mass is 9.77. The summed E-state index contributed by atoms with van der Waals surface area (Å²) in [4.78, 5) is 2.71. The van der Waals surface area contributed by atoms with Gasteiger partial charge in [0.25, 0.3) is 0 Å². The van der Waals surface area contributed by atoms with Gasteiger partial charge in [-0.2, -0.15) is 0 Å². The van der Waals surface area contributed by atoms with Gasteiger partial charge in [-0.15, -0.1) is 0 Å². The molecule has 0 atom stereocenters. The molecule has 2 heteroatoms. The van der Waals surface area contributed by atoms with Crippen LogP contribution in [0.3, 0.4) is 0 Å². The molecule has 1 heterocycles. The van der Waals surface area contributed by atoms with Gasteiger partial charge >= 0.3 is 0 Å². The fourth-order valence-electron chi connectivity index (χ4n) is 3.85. The van der Waals surface area contributed by atoms with E-state index in [0.29, 0.717) is 0 Å². The Hall–Kier alpha value is -0.0800. The molecule has 1 saturated heterocycles. The molecular weight excluding hydrogens is 232 g/mol. The molecule has 0 aromatic heterocycles. The van der Waals surface area contributed by atoms with E-state index in [-0.39, 0.29) is 0 Å². The Bertz CT molecular complexity index is 234. The molecule has 0 radical (unpaired) electrons. The smallest absolute Gasteiger partial charge is 0.00134 e. The predicted molar refractivity (Wildman–Crippen MR) is 83.5 cm³/mol. The quantitative estimate of drug-likeness (QED) is 0.707. The summed E-state index contributed by atoms with van der Waals surface area (Å²) in [5.41, 5.74) is 0.787. The van der Waals surface area contributed by atoms with Crippen LogP contribution in [0.4, 0.5) is 0 Å². The van der Waals surface area contributed by atoms with E-state index in [1.54, 1.807) is 0 Å². The summed E-state index contributed by atoms with van der Waals surface area (Å²) in [5.74, 6) is 0.782. The fourth-order valence-corrected chi connectivity index (χ4v) is 3.85. The molecule has 0 aromatic rings. The third-order valence-corrected chi connectivity index (χ3v) is 5.21. The largest absolute Gasteiger partial charge is 0.316 e. The van der Waals surface area contributed by atoms with Crippen molar-refractivity contribution in [2.45, 2.75) is 65.2 Å². The Morgan fingerprint density at radius 3 is 2.32 bits per heavy atom. The molecule has 1 saturated carbocycles. The van der Waals surface area contributed by atoms with Crippen molar-refractivity contribution in [3.8, 4) is 0 Å². The Kier molecular flexibility index (Phi) is 6.15. The molecule has 1 aliphatic heterocycles. The van der Waals surface area contributed by atoms with Crippen LogP contribution in [0.5, 0.6) is 0 Å². The van der Waals surface area contributed by atoms with Crippen LogP contribution in [-0.4, -0.2) is 37.6 Å². The predicted octanol–water partition coefficient (Wildman–Crippen LogP) is 3.67. The van der Waals surface area contributed by atoms with Crippen molar-refractivity contribution in [3.63, 3.8) is 0 Å². The zero-order valence-corrected chi connectivity index (χ0v) is 13.2. The van der Waals surface area contributed by atoms with Crippen molar-refractivity contribution in [2.75, 3.05) is 32.7 Å². The molecule has 0 bridgehead atoms. The van der Waals surface area contributed by atoms with E-state index in [4.69, 9.17) is 0 Å². The number of likely N-dealkylation sites (tertiary alicyclic amines) is 1. The van der Waals surface area contributed by atoms with Gasteiger partial charge in [-0.3, -0.25) is 0 Å². The second-order valence-corrected chi connectivity index (χ2v) is 7.35. The van der Waals surface area contributed by atoms with Crippen molar-refractivity contribution >= 4 is 0 Å². The number of nitrogens with zero attached hydrogens (tertiary/aromatic N) is 1. The Balaban J connectivity index is 1.49. The van der Waals surface area contributed by atoms with E-state index in [0.717, 1.165) is 11.3 Å². The van der Waals surface area contributed by atoms with Gasteiger partial charge in [0.05, 0.1) is 0 Å². The first-order chi connectivity index (χ1) is 9.20. The van der Waals surface area contributed by atoms with Crippen LogP contribution in [0.2, 0.25) is 0 Å². The summed E-state index contributed by atoms with van der Waals surface area (Å²) in [5, 5.41) is 3.54. The molecule has 0 amide bonds. The van der Waals surface area contributed by atoms with Crippen molar-refractivity contribution in [2.24, 2.45) is 11.3 Å². The first-order valence-corrected chi connectivity index (χ1v) is 8.63. The van der Waals surface area contributed by atoms with Crippen molar-refractivity contribution in [1.29, 1.82) is 0 Å². The molecule has 1 aliphatic carbocycles. The first kappa shape index (κ1) is 15.3. The van der Waals surface area contributed by atoms with Gasteiger partial charge in [-0.05, 0) is 82.6 Å². The van der Waals surface area contributed by atoms with E-state index in [1.807, 2.05) is 0 Å². The second-order valence-electron chi connectivity index (χ2n) is 7.35. The number of unbranched alkanes of at least 4 members (excludes halogenated alkanes) is 1. The van der Waals surface area contributed by atoms with E-state index in [1.165, 1.54) is 84.1 Å². The van der Waals surface area contributed by atoms with Crippen molar-refractivity contribution < 1.29 is 0 Å². The summed E-state index contributed by atoms with van der Waals surface area (Å²) >= 11 is 0. The van der Waals surface area contributed by atoms with Crippen molar-refractivity contribution in [3.05, 3.63) is 0 Å².